The minimum Gasteiger partial charge on any atom is -0.309 e. The zero-order valence-corrected chi connectivity index (χ0v) is 13.1. The Balaban J connectivity index is 2.02. The van der Waals surface area contributed by atoms with Crippen molar-refractivity contribution in [2.24, 2.45) is 5.14 Å². The van der Waals surface area contributed by atoms with E-state index in [1.54, 1.807) is 12.1 Å². The summed E-state index contributed by atoms with van der Waals surface area (Å²) in [4.78, 5) is 0.147. The van der Waals surface area contributed by atoms with Gasteiger partial charge in [0.2, 0.25) is 10.0 Å². The molecule has 0 radical (unpaired) electrons. The Hall–Kier alpha value is -1.69. The summed E-state index contributed by atoms with van der Waals surface area (Å²) in [6.45, 7) is 5.49. The van der Waals surface area contributed by atoms with E-state index in [0.29, 0.717) is 6.54 Å². The lowest BCUT2D eigenvalue weighted by molar-refractivity contribution is 0.597. The SMILES string of the molecule is Cc1ccc(C)c(CNCc2cccc(S(N)(=O)=O)c2)c1. The number of nitrogens with two attached hydrogens (primary N) is 1. The second kappa shape index (κ2) is 6.39. The Labute approximate surface area is 126 Å². The zero-order chi connectivity index (χ0) is 15.5. The van der Waals surface area contributed by atoms with Crippen molar-refractivity contribution in [2.45, 2.75) is 31.8 Å². The molecule has 0 aliphatic rings. The predicted octanol–water partition coefficient (Wildman–Crippen LogP) is 2.24. The second-order valence-electron chi connectivity index (χ2n) is 5.23. The Kier molecular flexibility index (Phi) is 4.77. The van der Waals surface area contributed by atoms with E-state index >= 15 is 0 Å². The first-order chi connectivity index (χ1) is 9.86. The van der Waals surface area contributed by atoms with Crippen molar-refractivity contribution in [1.29, 1.82) is 0 Å². The number of hydrogen-bond donors (Lipinski definition) is 2. The number of sulfonamides is 1. The average molecular weight is 304 g/mol. The summed E-state index contributed by atoms with van der Waals surface area (Å²) in [5.74, 6) is 0. The first-order valence-corrected chi connectivity index (χ1v) is 8.29. The van der Waals surface area contributed by atoms with Gasteiger partial charge < -0.3 is 5.32 Å². The highest BCUT2D eigenvalue weighted by atomic mass is 32.2. The third kappa shape index (κ3) is 4.39. The molecule has 0 atom stereocenters. The van der Waals surface area contributed by atoms with Crippen LogP contribution in [-0.4, -0.2) is 8.42 Å². The van der Waals surface area contributed by atoms with Crippen molar-refractivity contribution < 1.29 is 8.42 Å². The van der Waals surface area contributed by atoms with Crippen LogP contribution >= 0.6 is 0 Å². The summed E-state index contributed by atoms with van der Waals surface area (Å²) in [7, 11) is -3.64. The van der Waals surface area contributed by atoms with E-state index in [9.17, 15) is 8.42 Å². The second-order valence-corrected chi connectivity index (χ2v) is 6.79. The fourth-order valence-electron chi connectivity index (χ4n) is 2.16. The van der Waals surface area contributed by atoms with Gasteiger partial charge in [-0.1, -0.05) is 35.9 Å². The van der Waals surface area contributed by atoms with E-state index in [1.165, 1.54) is 22.8 Å². The number of benzene rings is 2. The molecule has 0 saturated carbocycles. The quantitative estimate of drug-likeness (QED) is 0.890. The molecular formula is C16H20N2O2S. The summed E-state index contributed by atoms with van der Waals surface area (Å²) in [5, 5.41) is 8.46. The van der Waals surface area contributed by atoms with Crippen LogP contribution in [0.25, 0.3) is 0 Å². The van der Waals surface area contributed by atoms with Crippen molar-refractivity contribution in [3.63, 3.8) is 0 Å². The first kappa shape index (κ1) is 15.7. The molecule has 0 aliphatic carbocycles. The lowest BCUT2D eigenvalue weighted by atomic mass is 10.1. The van der Waals surface area contributed by atoms with Gasteiger partial charge in [0.15, 0.2) is 0 Å². The molecule has 112 valence electrons. The zero-order valence-electron chi connectivity index (χ0n) is 12.3. The summed E-state index contributed by atoms with van der Waals surface area (Å²) in [6.07, 6.45) is 0. The van der Waals surface area contributed by atoms with Crippen molar-refractivity contribution in [3.05, 3.63) is 64.7 Å². The van der Waals surface area contributed by atoms with Crippen LogP contribution in [0.15, 0.2) is 47.4 Å². The van der Waals surface area contributed by atoms with Crippen LogP contribution in [0.4, 0.5) is 0 Å². The van der Waals surface area contributed by atoms with Gasteiger partial charge >= 0.3 is 0 Å². The van der Waals surface area contributed by atoms with Crippen molar-refractivity contribution in [3.8, 4) is 0 Å². The van der Waals surface area contributed by atoms with Crippen molar-refractivity contribution in [2.75, 3.05) is 0 Å². The van der Waals surface area contributed by atoms with Crippen LogP contribution in [0.5, 0.6) is 0 Å². The Morgan fingerprint density at radius 3 is 2.52 bits per heavy atom. The lowest BCUT2D eigenvalue weighted by Gasteiger charge is -2.09. The topological polar surface area (TPSA) is 72.2 Å². The summed E-state index contributed by atoms with van der Waals surface area (Å²) >= 11 is 0. The van der Waals surface area contributed by atoms with Gasteiger partial charge in [0.25, 0.3) is 0 Å². The largest absolute Gasteiger partial charge is 0.309 e. The number of nitrogens with one attached hydrogen (secondary N) is 1. The molecule has 0 spiro atoms. The highest BCUT2D eigenvalue weighted by Crippen LogP contribution is 2.12. The standard InChI is InChI=1S/C16H20N2O2S/c1-12-6-7-13(2)15(8-12)11-18-10-14-4-3-5-16(9-14)21(17,19)20/h3-9,18H,10-11H2,1-2H3,(H2,17,19,20). The number of primary sulfonamides is 1. The summed E-state index contributed by atoms with van der Waals surface area (Å²) in [6, 6.07) is 13.0. The molecule has 0 fully saturated rings. The molecule has 0 heterocycles. The fraction of sp³-hybridized carbons (Fsp3) is 0.250. The molecule has 0 amide bonds. The van der Waals surface area contributed by atoms with E-state index in [2.05, 4.69) is 37.4 Å². The molecule has 2 aromatic carbocycles. The maximum atomic E-state index is 11.3. The third-order valence-electron chi connectivity index (χ3n) is 3.38. The van der Waals surface area contributed by atoms with Crippen molar-refractivity contribution >= 4 is 10.0 Å². The number of hydrogen-bond acceptors (Lipinski definition) is 3. The molecule has 2 aromatic rings. The maximum Gasteiger partial charge on any atom is 0.238 e. The van der Waals surface area contributed by atoms with Gasteiger partial charge in [-0.2, -0.15) is 0 Å². The Morgan fingerprint density at radius 1 is 1.05 bits per heavy atom. The smallest absolute Gasteiger partial charge is 0.238 e. The average Bonchev–Trinajstić information content (AvgIpc) is 2.42. The summed E-state index contributed by atoms with van der Waals surface area (Å²) in [5.41, 5.74) is 4.62. The minimum atomic E-state index is -3.64. The van der Waals surface area contributed by atoms with E-state index in [-0.39, 0.29) is 4.90 Å². The van der Waals surface area contributed by atoms with Gasteiger partial charge in [-0.05, 0) is 42.7 Å². The van der Waals surface area contributed by atoms with Crippen LogP contribution in [0.1, 0.15) is 22.3 Å². The Bertz CT molecular complexity index is 740. The molecule has 0 aliphatic heterocycles. The predicted molar refractivity (Wildman–Crippen MR) is 84.3 cm³/mol. The van der Waals surface area contributed by atoms with E-state index in [1.807, 2.05) is 6.07 Å². The maximum absolute atomic E-state index is 11.3. The van der Waals surface area contributed by atoms with Gasteiger partial charge in [-0.25, -0.2) is 13.6 Å². The highest BCUT2D eigenvalue weighted by Gasteiger charge is 2.07. The van der Waals surface area contributed by atoms with E-state index in [0.717, 1.165) is 12.1 Å². The monoisotopic (exact) mass is 304 g/mol. The molecule has 0 aromatic heterocycles. The first-order valence-electron chi connectivity index (χ1n) is 6.75. The molecule has 0 bridgehead atoms. The van der Waals surface area contributed by atoms with Gasteiger partial charge in [0, 0.05) is 13.1 Å². The minimum absolute atomic E-state index is 0.147. The van der Waals surface area contributed by atoms with Gasteiger partial charge in [0.1, 0.15) is 0 Å². The molecule has 0 saturated heterocycles. The van der Waals surface area contributed by atoms with Crippen LogP contribution in [0, 0.1) is 13.8 Å². The third-order valence-corrected chi connectivity index (χ3v) is 4.29. The van der Waals surface area contributed by atoms with Gasteiger partial charge in [0.05, 0.1) is 4.90 Å². The van der Waals surface area contributed by atoms with Gasteiger partial charge in [-0.3, -0.25) is 0 Å². The van der Waals surface area contributed by atoms with Gasteiger partial charge in [-0.15, -0.1) is 0 Å². The highest BCUT2D eigenvalue weighted by molar-refractivity contribution is 7.89. The van der Waals surface area contributed by atoms with Crippen molar-refractivity contribution in [1.82, 2.24) is 5.32 Å². The molecule has 3 N–H and O–H groups in total. The lowest BCUT2D eigenvalue weighted by Crippen LogP contribution is -2.15. The fourth-order valence-corrected chi connectivity index (χ4v) is 2.75. The molecule has 0 unspecified atom stereocenters. The van der Waals surface area contributed by atoms with Crippen LogP contribution < -0.4 is 10.5 Å². The normalized spacial score (nSPS) is 11.6. The van der Waals surface area contributed by atoms with E-state index in [4.69, 9.17) is 5.14 Å². The molecular weight excluding hydrogens is 284 g/mol. The number of rotatable bonds is 5. The van der Waals surface area contributed by atoms with E-state index < -0.39 is 10.0 Å². The Morgan fingerprint density at radius 2 is 1.81 bits per heavy atom. The molecule has 4 nitrogen and oxygen atoms in total. The van der Waals surface area contributed by atoms with Crippen LogP contribution in [0.2, 0.25) is 0 Å². The number of aryl methyl sites for hydroxylation is 2. The molecule has 2 rings (SSSR count). The molecule has 21 heavy (non-hydrogen) atoms. The summed E-state index contributed by atoms with van der Waals surface area (Å²) < 4.78 is 22.6. The van der Waals surface area contributed by atoms with Crippen LogP contribution in [-0.2, 0) is 23.1 Å². The molecule has 5 heteroatoms. The van der Waals surface area contributed by atoms with Crippen LogP contribution in [0.3, 0.4) is 0 Å².